The number of aromatic nitrogens is 2. The molecule has 1 aliphatic rings. The standard InChI is InChI=1S/C17H20N4O3/c1-11-9-13(21(3)19-11)18-17(23)16-15(12-7-5-4-6-8-12)20(2)14(22)10-24-16/h4-9,15-16H,10H2,1-3H3,(H,18,23). The molecule has 2 amide bonds. The van der Waals surface area contributed by atoms with Gasteiger partial charge in [0.2, 0.25) is 5.91 Å². The van der Waals surface area contributed by atoms with Crippen LogP contribution in [0.5, 0.6) is 0 Å². The zero-order chi connectivity index (χ0) is 17.3. The summed E-state index contributed by atoms with van der Waals surface area (Å²) in [6, 6.07) is 10.7. The Hall–Kier alpha value is -2.67. The Morgan fingerprint density at radius 2 is 2.00 bits per heavy atom. The minimum Gasteiger partial charge on any atom is -0.356 e. The van der Waals surface area contributed by atoms with Crippen molar-refractivity contribution in [3.05, 3.63) is 47.7 Å². The maximum Gasteiger partial charge on any atom is 0.257 e. The van der Waals surface area contributed by atoms with Crippen molar-refractivity contribution in [3.8, 4) is 0 Å². The van der Waals surface area contributed by atoms with Crippen molar-refractivity contribution >= 4 is 17.6 Å². The van der Waals surface area contributed by atoms with Gasteiger partial charge >= 0.3 is 0 Å². The predicted octanol–water partition coefficient (Wildman–Crippen LogP) is 1.27. The summed E-state index contributed by atoms with van der Waals surface area (Å²) in [7, 11) is 3.45. The Morgan fingerprint density at radius 3 is 2.62 bits per heavy atom. The smallest absolute Gasteiger partial charge is 0.257 e. The van der Waals surface area contributed by atoms with Crippen molar-refractivity contribution in [2.24, 2.45) is 7.05 Å². The van der Waals surface area contributed by atoms with Gasteiger partial charge in [0.15, 0.2) is 6.10 Å². The first-order chi connectivity index (χ1) is 11.5. The monoisotopic (exact) mass is 328 g/mol. The summed E-state index contributed by atoms with van der Waals surface area (Å²) in [4.78, 5) is 26.3. The Balaban J connectivity index is 1.87. The van der Waals surface area contributed by atoms with Crippen molar-refractivity contribution in [3.63, 3.8) is 0 Å². The second-order valence-electron chi connectivity index (χ2n) is 5.88. The molecule has 1 N–H and O–H groups in total. The van der Waals surface area contributed by atoms with Gasteiger partial charge in [-0.3, -0.25) is 14.3 Å². The Labute approximate surface area is 140 Å². The maximum absolute atomic E-state index is 12.7. The van der Waals surface area contributed by atoms with Crippen LogP contribution in [0.15, 0.2) is 36.4 Å². The third-order valence-electron chi connectivity index (χ3n) is 4.14. The Morgan fingerprint density at radius 1 is 1.29 bits per heavy atom. The molecular weight excluding hydrogens is 308 g/mol. The van der Waals surface area contributed by atoms with Crippen molar-refractivity contribution in [1.29, 1.82) is 0 Å². The van der Waals surface area contributed by atoms with Crippen LogP contribution in [0.3, 0.4) is 0 Å². The van der Waals surface area contributed by atoms with Gasteiger partial charge in [-0.05, 0) is 12.5 Å². The molecule has 1 saturated heterocycles. The highest BCUT2D eigenvalue weighted by molar-refractivity contribution is 5.95. The summed E-state index contributed by atoms with van der Waals surface area (Å²) in [5.41, 5.74) is 1.67. The highest BCUT2D eigenvalue weighted by atomic mass is 16.5. The lowest BCUT2D eigenvalue weighted by molar-refractivity contribution is -0.160. The molecule has 0 bridgehead atoms. The molecule has 0 radical (unpaired) electrons. The lowest BCUT2D eigenvalue weighted by Gasteiger charge is -2.38. The van der Waals surface area contributed by atoms with E-state index in [4.69, 9.17) is 4.74 Å². The van der Waals surface area contributed by atoms with Gasteiger partial charge in [0, 0.05) is 20.2 Å². The number of morpholine rings is 1. The fourth-order valence-electron chi connectivity index (χ4n) is 2.90. The number of hydrogen-bond donors (Lipinski definition) is 1. The number of anilines is 1. The molecule has 7 nitrogen and oxygen atoms in total. The summed E-state index contributed by atoms with van der Waals surface area (Å²) in [5, 5.41) is 7.04. The maximum atomic E-state index is 12.7. The molecule has 2 unspecified atom stereocenters. The molecule has 7 heteroatoms. The number of amides is 2. The second-order valence-corrected chi connectivity index (χ2v) is 5.88. The van der Waals surface area contributed by atoms with Gasteiger partial charge < -0.3 is 15.0 Å². The minimum absolute atomic E-state index is 0.109. The SMILES string of the molecule is Cc1cc(NC(=O)C2OCC(=O)N(C)C2c2ccccc2)n(C)n1. The molecule has 2 atom stereocenters. The first kappa shape index (κ1) is 16.2. The number of aryl methyl sites for hydroxylation is 2. The van der Waals surface area contributed by atoms with Crippen LogP contribution in [0.25, 0.3) is 0 Å². The summed E-state index contributed by atoms with van der Waals surface area (Å²) in [6.07, 6.45) is -0.787. The highest BCUT2D eigenvalue weighted by Gasteiger charge is 2.40. The number of rotatable bonds is 3. The van der Waals surface area contributed by atoms with E-state index in [1.54, 1.807) is 29.7 Å². The van der Waals surface area contributed by atoms with Crippen LogP contribution in [0, 0.1) is 6.92 Å². The molecule has 0 saturated carbocycles. The lowest BCUT2D eigenvalue weighted by atomic mass is 9.97. The molecule has 24 heavy (non-hydrogen) atoms. The summed E-state index contributed by atoms with van der Waals surface area (Å²) < 4.78 is 7.18. The zero-order valence-electron chi connectivity index (χ0n) is 13.9. The number of benzene rings is 1. The molecular formula is C17H20N4O3. The van der Waals surface area contributed by atoms with Gasteiger partial charge in [0.05, 0.1) is 11.7 Å². The molecule has 1 aliphatic heterocycles. The van der Waals surface area contributed by atoms with Gasteiger partial charge in [-0.1, -0.05) is 30.3 Å². The molecule has 0 spiro atoms. The zero-order valence-corrected chi connectivity index (χ0v) is 13.9. The number of carbonyl (C=O) groups is 2. The quantitative estimate of drug-likeness (QED) is 0.920. The number of ether oxygens (including phenoxy) is 1. The summed E-state index contributed by atoms with van der Waals surface area (Å²) >= 11 is 0. The van der Waals surface area contributed by atoms with Crippen LogP contribution in [-0.4, -0.2) is 46.3 Å². The van der Waals surface area contributed by atoms with Crippen molar-refractivity contribution in [1.82, 2.24) is 14.7 Å². The van der Waals surface area contributed by atoms with Crippen LogP contribution < -0.4 is 5.32 Å². The van der Waals surface area contributed by atoms with Gasteiger partial charge in [-0.25, -0.2) is 0 Å². The van der Waals surface area contributed by atoms with E-state index in [2.05, 4.69) is 10.4 Å². The number of nitrogens with one attached hydrogen (secondary N) is 1. The lowest BCUT2D eigenvalue weighted by Crippen LogP contribution is -2.51. The van der Waals surface area contributed by atoms with Gasteiger partial charge in [-0.15, -0.1) is 0 Å². The molecule has 1 aromatic heterocycles. The molecule has 0 aliphatic carbocycles. The number of likely N-dealkylation sites (N-methyl/N-ethyl adjacent to an activating group) is 1. The summed E-state index contributed by atoms with van der Waals surface area (Å²) in [5.74, 6) is 0.142. The van der Waals surface area contributed by atoms with Crippen LogP contribution in [-0.2, 0) is 21.4 Å². The predicted molar refractivity (Wildman–Crippen MR) is 88.3 cm³/mol. The van der Waals surface area contributed by atoms with Crippen molar-refractivity contribution in [2.75, 3.05) is 19.0 Å². The number of nitrogens with zero attached hydrogens (tertiary/aromatic N) is 3. The average Bonchev–Trinajstić information content (AvgIpc) is 2.88. The second kappa shape index (κ2) is 6.45. The average molecular weight is 328 g/mol. The summed E-state index contributed by atoms with van der Waals surface area (Å²) in [6.45, 7) is 1.74. The Bertz CT molecular complexity index is 756. The van der Waals surface area contributed by atoms with Crippen LogP contribution in [0.1, 0.15) is 17.3 Å². The van der Waals surface area contributed by atoms with E-state index in [-0.39, 0.29) is 18.4 Å². The van der Waals surface area contributed by atoms with Gasteiger partial charge in [-0.2, -0.15) is 5.10 Å². The van der Waals surface area contributed by atoms with Crippen molar-refractivity contribution < 1.29 is 14.3 Å². The van der Waals surface area contributed by atoms with Gasteiger partial charge in [0.25, 0.3) is 5.91 Å². The molecule has 1 fully saturated rings. The fourth-order valence-corrected chi connectivity index (χ4v) is 2.90. The first-order valence-electron chi connectivity index (χ1n) is 7.71. The van der Waals surface area contributed by atoms with E-state index >= 15 is 0 Å². The molecule has 1 aromatic carbocycles. The van der Waals surface area contributed by atoms with Gasteiger partial charge in [0.1, 0.15) is 12.4 Å². The number of hydrogen-bond acceptors (Lipinski definition) is 4. The molecule has 2 aromatic rings. The van der Waals surface area contributed by atoms with E-state index in [0.717, 1.165) is 11.3 Å². The van der Waals surface area contributed by atoms with Crippen LogP contribution >= 0.6 is 0 Å². The van der Waals surface area contributed by atoms with E-state index in [9.17, 15) is 9.59 Å². The fraction of sp³-hybridized carbons (Fsp3) is 0.353. The Kier molecular flexibility index (Phi) is 4.35. The van der Waals surface area contributed by atoms with Crippen LogP contribution in [0.2, 0.25) is 0 Å². The number of carbonyl (C=O) groups excluding carboxylic acids is 2. The minimum atomic E-state index is -0.787. The third-order valence-corrected chi connectivity index (χ3v) is 4.14. The normalized spacial score (nSPS) is 21.0. The van der Waals surface area contributed by atoms with E-state index in [1.165, 1.54) is 0 Å². The third kappa shape index (κ3) is 3.03. The largest absolute Gasteiger partial charge is 0.356 e. The van der Waals surface area contributed by atoms with Crippen LogP contribution in [0.4, 0.5) is 5.82 Å². The molecule has 126 valence electrons. The topological polar surface area (TPSA) is 76.5 Å². The van der Waals surface area contributed by atoms with E-state index in [0.29, 0.717) is 5.82 Å². The molecule has 3 rings (SSSR count). The van der Waals surface area contributed by atoms with Crippen molar-refractivity contribution in [2.45, 2.75) is 19.1 Å². The van der Waals surface area contributed by atoms with E-state index < -0.39 is 12.1 Å². The highest BCUT2D eigenvalue weighted by Crippen LogP contribution is 2.29. The first-order valence-corrected chi connectivity index (χ1v) is 7.71. The van der Waals surface area contributed by atoms with E-state index in [1.807, 2.05) is 37.3 Å². The molecule has 2 heterocycles.